The Morgan fingerprint density at radius 3 is 1.44 bits per heavy atom. The maximum atomic E-state index is 9.48. The normalized spacial score (nSPS) is 8.22. The summed E-state index contributed by atoms with van der Waals surface area (Å²) in [6.07, 6.45) is 0. The van der Waals surface area contributed by atoms with E-state index in [0.717, 1.165) is 0 Å². The zero-order valence-electron chi connectivity index (χ0n) is 4.10. The SMILES string of the molecule is NC(C(=O)[O-])C(=O)[O-].[Pt+2]. The molecule has 0 saturated carbocycles. The van der Waals surface area contributed by atoms with Crippen LogP contribution in [0, 0.1) is 0 Å². The number of nitrogens with two attached hydrogens (primary N) is 1. The van der Waals surface area contributed by atoms with E-state index in [2.05, 4.69) is 5.73 Å². The first-order valence-corrected chi connectivity index (χ1v) is 1.73. The fraction of sp³-hybridized carbons (Fsp3) is 0.333. The summed E-state index contributed by atoms with van der Waals surface area (Å²) in [5.41, 5.74) is 4.44. The molecule has 0 radical (unpaired) electrons. The predicted molar refractivity (Wildman–Crippen MR) is 18.0 cm³/mol. The second-order valence-corrected chi connectivity index (χ2v) is 1.12. The average molecular weight is 312 g/mol. The van der Waals surface area contributed by atoms with Gasteiger partial charge in [-0.15, -0.1) is 0 Å². The van der Waals surface area contributed by atoms with Gasteiger partial charge in [-0.05, 0) is 0 Å². The zero-order chi connectivity index (χ0) is 6.73. The Labute approximate surface area is 65.1 Å². The molecule has 0 rings (SSSR count). The fourth-order valence-electron chi connectivity index (χ4n) is 0.0962. The molecule has 54 valence electrons. The van der Waals surface area contributed by atoms with E-state index >= 15 is 0 Å². The molecule has 0 unspecified atom stereocenters. The van der Waals surface area contributed by atoms with Gasteiger partial charge in [-0.1, -0.05) is 0 Å². The number of carboxylic acids is 2. The second-order valence-electron chi connectivity index (χ2n) is 1.12. The van der Waals surface area contributed by atoms with Crippen LogP contribution in [-0.2, 0) is 30.7 Å². The van der Waals surface area contributed by atoms with Crippen molar-refractivity contribution < 1.29 is 40.9 Å². The first kappa shape index (κ1) is 11.4. The molecule has 0 aliphatic rings. The van der Waals surface area contributed by atoms with Crippen molar-refractivity contribution >= 4 is 11.9 Å². The van der Waals surface area contributed by atoms with Gasteiger partial charge in [0.05, 0.1) is 18.0 Å². The molecule has 0 aliphatic carbocycles. The molecule has 0 spiro atoms. The minimum atomic E-state index is -2.02. The van der Waals surface area contributed by atoms with Crippen molar-refractivity contribution in [2.24, 2.45) is 5.73 Å². The van der Waals surface area contributed by atoms with E-state index in [4.69, 9.17) is 0 Å². The van der Waals surface area contributed by atoms with E-state index < -0.39 is 18.0 Å². The standard InChI is InChI=1S/C3H5NO4.Pt/c4-1(2(5)6)3(7)8;/h1H,4H2,(H,5,6)(H,7,8);/q;+2/p-2. The number of rotatable bonds is 2. The summed E-state index contributed by atoms with van der Waals surface area (Å²) in [7, 11) is 0. The molecule has 0 aromatic rings. The molecule has 6 heteroatoms. The van der Waals surface area contributed by atoms with E-state index in [1.807, 2.05) is 0 Å². The topological polar surface area (TPSA) is 106 Å². The van der Waals surface area contributed by atoms with Gasteiger partial charge in [-0.3, -0.25) is 0 Å². The van der Waals surface area contributed by atoms with Gasteiger partial charge in [0.1, 0.15) is 0 Å². The first-order chi connectivity index (χ1) is 3.55. The average Bonchev–Trinajstić information content (AvgIpc) is 1.64. The third kappa shape index (κ3) is 4.12. The van der Waals surface area contributed by atoms with E-state index in [1.54, 1.807) is 0 Å². The fourth-order valence-corrected chi connectivity index (χ4v) is 0.0962. The van der Waals surface area contributed by atoms with Crippen LogP contribution in [-0.4, -0.2) is 18.0 Å². The van der Waals surface area contributed by atoms with Gasteiger partial charge in [-0.2, -0.15) is 0 Å². The summed E-state index contributed by atoms with van der Waals surface area (Å²) in [6.45, 7) is 0. The van der Waals surface area contributed by atoms with Crippen molar-refractivity contribution in [2.75, 3.05) is 0 Å². The van der Waals surface area contributed by atoms with E-state index in [-0.39, 0.29) is 21.1 Å². The van der Waals surface area contributed by atoms with Crippen LogP contribution in [0.5, 0.6) is 0 Å². The number of carboxylic acid groups (broad SMARTS) is 2. The molecule has 0 bridgehead atoms. The Balaban J connectivity index is 0. The molecule has 0 aromatic carbocycles. The summed E-state index contributed by atoms with van der Waals surface area (Å²) >= 11 is 0. The minimum absolute atomic E-state index is 0. The van der Waals surface area contributed by atoms with Gasteiger partial charge in [0, 0.05) is 0 Å². The van der Waals surface area contributed by atoms with Gasteiger partial charge in [0.15, 0.2) is 0 Å². The Morgan fingerprint density at radius 1 is 1.22 bits per heavy atom. The quantitative estimate of drug-likeness (QED) is 0.521. The summed E-state index contributed by atoms with van der Waals surface area (Å²) in [5.74, 6) is -3.69. The zero-order valence-corrected chi connectivity index (χ0v) is 6.38. The molecule has 9 heavy (non-hydrogen) atoms. The van der Waals surface area contributed by atoms with Gasteiger partial charge < -0.3 is 25.5 Å². The van der Waals surface area contributed by atoms with Crippen molar-refractivity contribution in [2.45, 2.75) is 6.04 Å². The maximum absolute atomic E-state index is 9.48. The molecule has 0 heterocycles. The molecule has 0 amide bonds. The van der Waals surface area contributed by atoms with Crippen LogP contribution in [0.15, 0.2) is 0 Å². The van der Waals surface area contributed by atoms with Crippen molar-refractivity contribution in [1.82, 2.24) is 0 Å². The van der Waals surface area contributed by atoms with Crippen LogP contribution in [0.2, 0.25) is 0 Å². The molecular formula is C3H3NO4Pt. The summed E-state index contributed by atoms with van der Waals surface area (Å²) in [6, 6.07) is -2.02. The molecule has 0 atom stereocenters. The van der Waals surface area contributed by atoms with Crippen molar-refractivity contribution in [3.8, 4) is 0 Å². The number of carbonyl (C=O) groups is 2. The van der Waals surface area contributed by atoms with E-state index in [0.29, 0.717) is 0 Å². The molecule has 2 N–H and O–H groups in total. The molecule has 0 aliphatic heterocycles. The number of aliphatic carboxylic acids is 2. The van der Waals surface area contributed by atoms with Crippen molar-refractivity contribution in [1.29, 1.82) is 0 Å². The Kier molecular flexibility index (Phi) is 5.65. The van der Waals surface area contributed by atoms with Crippen LogP contribution in [0.25, 0.3) is 0 Å². The van der Waals surface area contributed by atoms with Gasteiger partial charge in [-0.25, -0.2) is 0 Å². The summed E-state index contributed by atoms with van der Waals surface area (Å²) in [5, 5.41) is 19.0. The van der Waals surface area contributed by atoms with Gasteiger partial charge in [0.25, 0.3) is 0 Å². The van der Waals surface area contributed by atoms with Crippen LogP contribution in [0.3, 0.4) is 0 Å². The van der Waals surface area contributed by atoms with E-state index in [1.165, 1.54) is 0 Å². The molecule has 0 saturated heterocycles. The van der Waals surface area contributed by atoms with Crippen LogP contribution < -0.4 is 15.9 Å². The first-order valence-electron chi connectivity index (χ1n) is 1.73. The molecule has 5 nitrogen and oxygen atoms in total. The summed E-state index contributed by atoms with van der Waals surface area (Å²) < 4.78 is 0. The molecular weight excluding hydrogens is 309 g/mol. The van der Waals surface area contributed by atoms with Crippen LogP contribution in [0.4, 0.5) is 0 Å². The summed E-state index contributed by atoms with van der Waals surface area (Å²) in [4.78, 5) is 19.0. The van der Waals surface area contributed by atoms with Gasteiger partial charge >= 0.3 is 21.1 Å². The number of hydrogen-bond acceptors (Lipinski definition) is 5. The third-order valence-corrected chi connectivity index (χ3v) is 0.508. The molecule has 0 aromatic heterocycles. The second kappa shape index (κ2) is 4.47. The smallest absolute Gasteiger partial charge is 0.548 e. The minimum Gasteiger partial charge on any atom is -0.548 e. The molecule has 0 fully saturated rings. The predicted octanol–water partition coefficient (Wildman–Crippen LogP) is -4.19. The Hall–Kier alpha value is -0.412. The van der Waals surface area contributed by atoms with Gasteiger partial charge in [0.2, 0.25) is 0 Å². The monoisotopic (exact) mass is 312 g/mol. The van der Waals surface area contributed by atoms with Crippen molar-refractivity contribution in [3.05, 3.63) is 0 Å². The number of hydrogen-bond donors (Lipinski definition) is 1. The van der Waals surface area contributed by atoms with Crippen molar-refractivity contribution in [3.63, 3.8) is 0 Å². The Bertz CT molecular complexity index is 111. The van der Waals surface area contributed by atoms with E-state index in [9.17, 15) is 19.8 Å². The maximum Gasteiger partial charge on any atom is 2.00 e. The third-order valence-electron chi connectivity index (χ3n) is 0.508. The Morgan fingerprint density at radius 2 is 1.44 bits per heavy atom. The van der Waals surface area contributed by atoms with Crippen LogP contribution >= 0.6 is 0 Å². The largest absolute Gasteiger partial charge is 2.00 e. The van der Waals surface area contributed by atoms with Crippen LogP contribution in [0.1, 0.15) is 0 Å². The number of carbonyl (C=O) groups excluding carboxylic acids is 2.